The third-order valence-corrected chi connectivity index (χ3v) is 5.48. The maximum absolute atomic E-state index is 12.4. The van der Waals surface area contributed by atoms with Crippen molar-refractivity contribution in [3.05, 3.63) is 53.4 Å². The monoisotopic (exact) mass is 375 g/mol. The number of allylic oxidation sites excluding steroid dienone is 1. The Morgan fingerprint density at radius 1 is 1.25 bits per heavy atom. The highest BCUT2D eigenvalue weighted by Gasteiger charge is 2.28. The van der Waals surface area contributed by atoms with E-state index in [-0.39, 0.29) is 24.5 Å². The van der Waals surface area contributed by atoms with Crippen molar-refractivity contribution in [3.63, 3.8) is 0 Å². The zero-order chi connectivity index (χ0) is 19.3. The number of aliphatic hydroxyl groups is 1. The zero-order valence-electron chi connectivity index (χ0n) is 15.5. The van der Waals surface area contributed by atoms with Crippen molar-refractivity contribution >= 4 is 22.8 Å². The average molecular weight is 375 g/mol. The van der Waals surface area contributed by atoms with E-state index in [9.17, 15) is 9.90 Å². The molecule has 2 aromatic heterocycles. The van der Waals surface area contributed by atoms with Crippen LogP contribution in [-0.4, -0.2) is 45.2 Å². The first-order valence-electron chi connectivity index (χ1n) is 9.47. The number of H-pyrrole nitrogens is 1. The topological polar surface area (TPSA) is 103 Å². The number of fused-ring (bicyclic) bond motifs is 3. The molecule has 0 spiro atoms. The van der Waals surface area contributed by atoms with Crippen LogP contribution in [0.2, 0.25) is 0 Å². The summed E-state index contributed by atoms with van der Waals surface area (Å²) in [6, 6.07) is 7.53. The summed E-state index contributed by atoms with van der Waals surface area (Å²) in [7, 11) is 0. The van der Waals surface area contributed by atoms with Crippen LogP contribution in [-0.2, 0) is 0 Å². The molecule has 4 bridgehead atoms. The van der Waals surface area contributed by atoms with E-state index in [0.29, 0.717) is 17.9 Å². The second-order valence-corrected chi connectivity index (χ2v) is 7.35. The van der Waals surface area contributed by atoms with Gasteiger partial charge in [0.1, 0.15) is 11.3 Å². The molecule has 0 aliphatic carbocycles. The van der Waals surface area contributed by atoms with Gasteiger partial charge in [-0.1, -0.05) is 24.3 Å². The molecule has 7 heteroatoms. The predicted molar refractivity (Wildman–Crippen MR) is 107 cm³/mol. The van der Waals surface area contributed by atoms with Gasteiger partial charge >= 0.3 is 0 Å². The van der Waals surface area contributed by atoms with Crippen molar-refractivity contribution in [3.8, 4) is 11.3 Å². The Morgan fingerprint density at radius 2 is 2.14 bits per heavy atom. The molecule has 142 valence electrons. The second kappa shape index (κ2) is 6.45. The van der Waals surface area contributed by atoms with E-state index < -0.39 is 0 Å². The number of aryl methyl sites for hydroxylation is 1. The van der Waals surface area contributed by atoms with Gasteiger partial charge in [-0.25, -0.2) is 9.97 Å². The maximum atomic E-state index is 12.4. The summed E-state index contributed by atoms with van der Waals surface area (Å²) in [5.41, 5.74) is 5.73. The van der Waals surface area contributed by atoms with Crippen LogP contribution >= 0.6 is 0 Å². The van der Waals surface area contributed by atoms with Crippen LogP contribution in [0.5, 0.6) is 0 Å². The molecule has 2 aliphatic rings. The third kappa shape index (κ3) is 2.66. The number of carbonyl (C=O) groups is 1. The normalized spacial score (nSPS) is 22.0. The van der Waals surface area contributed by atoms with Gasteiger partial charge in [0.05, 0.1) is 29.4 Å². The van der Waals surface area contributed by atoms with Crippen LogP contribution < -0.4 is 10.6 Å². The lowest BCUT2D eigenvalue weighted by Gasteiger charge is -2.22. The van der Waals surface area contributed by atoms with E-state index in [0.717, 1.165) is 40.1 Å². The molecule has 1 amide bonds. The lowest BCUT2D eigenvalue weighted by atomic mass is 9.94. The number of rotatable bonds is 1. The SMILES string of the molecule is Cc1nc2cccc3c2nc1N[C@H](CO)/C=C\C[C@H]1CNC(=O)c2cc-3[nH]c21. The van der Waals surface area contributed by atoms with E-state index in [1.54, 1.807) is 0 Å². The van der Waals surface area contributed by atoms with E-state index >= 15 is 0 Å². The van der Waals surface area contributed by atoms with Gasteiger partial charge in [0.2, 0.25) is 0 Å². The Morgan fingerprint density at radius 3 is 3.00 bits per heavy atom. The third-order valence-electron chi connectivity index (χ3n) is 5.48. The highest BCUT2D eigenvalue weighted by Crippen LogP contribution is 2.34. The van der Waals surface area contributed by atoms with Gasteiger partial charge in [-0.3, -0.25) is 4.79 Å². The molecule has 0 radical (unpaired) electrons. The van der Waals surface area contributed by atoms with Gasteiger partial charge in [-0.15, -0.1) is 0 Å². The van der Waals surface area contributed by atoms with Gasteiger partial charge in [0.15, 0.2) is 0 Å². The van der Waals surface area contributed by atoms with Crippen LogP contribution in [0.15, 0.2) is 36.4 Å². The summed E-state index contributed by atoms with van der Waals surface area (Å²) in [5.74, 6) is 0.756. The average Bonchev–Trinajstić information content (AvgIpc) is 3.14. The molecule has 7 nitrogen and oxygen atoms in total. The zero-order valence-corrected chi connectivity index (χ0v) is 15.5. The number of nitrogens with one attached hydrogen (secondary N) is 3. The number of nitrogens with zero attached hydrogens (tertiary/aromatic N) is 2. The van der Waals surface area contributed by atoms with Gasteiger partial charge in [-0.05, 0) is 25.5 Å². The van der Waals surface area contributed by atoms with Crippen LogP contribution in [0.4, 0.5) is 5.82 Å². The van der Waals surface area contributed by atoms with Crippen LogP contribution in [0.25, 0.3) is 22.3 Å². The summed E-state index contributed by atoms with van der Waals surface area (Å²) in [4.78, 5) is 25.4. The fraction of sp³-hybridized carbons (Fsp3) is 0.286. The number of aromatic amines is 1. The molecule has 1 aromatic carbocycles. The molecule has 4 N–H and O–H groups in total. The van der Waals surface area contributed by atoms with Gasteiger partial charge in [0.25, 0.3) is 5.91 Å². The maximum Gasteiger partial charge on any atom is 0.253 e. The Labute approximate surface area is 161 Å². The van der Waals surface area contributed by atoms with E-state index in [2.05, 4.69) is 15.6 Å². The summed E-state index contributed by atoms with van der Waals surface area (Å²) in [6.07, 6.45) is 4.76. The quantitative estimate of drug-likeness (QED) is 0.490. The Kier molecular flexibility index (Phi) is 3.91. The number of aromatic nitrogens is 3. The number of anilines is 1. The summed E-state index contributed by atoms with van der Waals surface area (Å²) in [5, 5.41) is 16.1. The second-order valence-electron chi connectivity index (χ2n) is 7.35. The van der Waals surface area contributed by atoms with Crippen LogP contribution in [0.1, 0.15) is 34.1 Å². The first kappa shape index (κ1) is 16.9. The predicted octanol–water partition coefficient (Wildman–Crippen LogP) is 2.49. The number of hydrogen-bond acceptors (Lipinski definition) is 5. The molecule has 0 unspecified atom stereocenters. The first-order valence-corrected chi connectivity index (χ1v) is 9.47. The standard InChI is InChI=1S/C21H21N5O2/c1-11-20-24-13(10-27)5-2-4-12-9-22-21(28)15-8-17(25-18(12)15)14-6-3-7-16(23-11)19(14)26-20/h2-3,5-8,12-13,25,27H,4,9-10H2,1H3,(H,22,28)(H,24,26)/b5-2-/t12-,13-/m0/s1. The number of aliphatic hydroxyl groups excluding tert-OH is 1. The summed E-state index contributed by atoms with van der Waals surface area (Å²) >= 11 is 0. The molecule has 0 fully saturated rings. The first-order chi connectivity index (χ1) is 13.6. The number of amides is 1. The highest BCUT2D eigenvalue weighted by atomic mass is 16.3. The van der Waals surface area contributed by atoms with Crippen molar-refractivity contribution in [1.29, 1.82) is 0 Å². The van der Waals surface area contributed by atoms with Gasteiger partial charge in [0, 0.05) is 29.4 Å². The molecule has 4 heterocycles. The minimum absolute atomic E-state index is 0.0456. The minimum Gasteiger partial charge on any atom is -0.394 e. The van der Waals surface area contributed by atoms with Crippen LogP contribution in [0, 0.1) is 6.92 Å². The molecule has 5 rings (SSSR count). The molecule has 2 aliphatic heterocycles. The van der Waals surface area contributed by atoms with Crippen molar-refractivity contribution in [2.24, 2.45) is 0 Å². The van der Waals surface area contributed by atoms with Crippen molar-refractivity contribution in [2.45, 2.75) is 25.3 Å². The fourth-order valence-electron chi connectivity index (χ4n) is 4.00. The van der Waals surface area contributed by atoms with Gasteiger partial charge < -0.3 is 20.7 Å². The smallest absolute Gasteiger partial charge is 0.253 e. The number of para-hydroxylation sites is 1. The Balaban J connectivity index is 1.78. The van der Waals surface area contributed by atoms with E-state index in [1.807, 2.05) is 43.3 Å². The molecule has 0 saturated carbocycles. The number of carbonyl (C=O) groups excluding carboxylic acids is 1. The highest BCUT2D eigenvalue weighted by molar-refractivity contribution is 6.00. The van der Waals surface area contributed by atoms with Crippen molar-refractivity contribution < 1.29 is 9.90 Å². The van der Waals surface area contributed by atoms with Crippen molar-refractivity contribution in [1.82, 2.24) is 20.3 Å². The molecular formula is C21H21N5O2. The molecule has 2 atom stereocenters. The largest absolute Gasteiger partial charge is 0.394 e. The molecule has 3 aromatic rings. The summed E-state index contributed by atoms with van der Waals surface area (Å²) in [6.45, 7) is 2.45. The van der Waals surface area contributed by atoms with Crippen molar-refractivity contribution in [2.75, 3.05) is 18.5 Å². The summed E-state index contributed by atoms with van der Waals surface area (Å²) < 4.78 is 0. The molecular weight excluding hydrogens is 354 g/mol. The minimum atomic E-state index is -0.255. The van der Waals surface area contributed by atoms with Gasteiger partial charge in [-0.2, -0.15) is 0 Å². The molecule has 28 heavy (non-hydrogen) atoms. The van der Waals surface area contributed by atoms with Crippen LogP contribution in [0.3, 0.4) is 0 Å². The van der Waals surface area contributed by atoms with E-state index in [1.165, 1.54) is 0 Å². The number of hydrogen-bond donors (Lipinski definition) is 4. The number of benzene rings is 1. The Bertz CT molecular complexity index is 1120. The molecule has 0 saturated heterocycles. The fourth-order valence-corrected chi connectivity index (χ4v) is 4.00. The lowest BCUT2D eigenvalue weighted by Crippen LogP contribution is -2.34. The lowest BCUT2D eigenvalue weighted by molar-refractivity contribution is 0.0940. The Hall–Kier alpha value is -3.19. The van der Waals surface area contributed by atoms with E-state index in [4.69, 9.17) is 9.97 Å².